The van der Waals surface area contributed by atoms with E-state index >= 15 is 0 Å². The lowest BCUT2D eigenvalue weighted by Gasteiger charge is -2.29. The molecule has 0 atom stereocenters. The highest BCUT2D eigenvalue weighted by Crippen LogP contribution is 2.29. The van der Waals surface area contributed by atoms with Crippen molar-refractivity contribution in [2.45, 2.75) is 6.61 Å². The number of nitrogens with one attached hydrogen (secondary N) is 1. The Morgan fingerprint density at radius 1 is 1.33 bits per heavy atom. The van der Waals surface area contributed by atoms with E-state index in [-0.39, 0.29) is 5.88 Å². The summed E-state index contributed by atoms with van der Waals surface area (Å²) in [6, 6.07) is 2.96. The van der Waals surface area contributed by atoms with Crippen LogP contribution in [-0.4, -0.2) is 44.9 Å². The average Bonchev–Trinajstić information content (AvgIpc) is 2.39. The van der Waals surface area contributed by atoms with Gasteiger partial charge in [-0.05, 0) is 6.07 Å². The lowest BCUT2D eigenvalue weighted by molar-refractivity contribution is -0.0528. The first-order valence-corrected chi connectivity index (χ1v) is 5.66. The number of halogens is 2. The lowest BCUT2D eigenvalue weighted by Crippen LogP contribution is -2.44. The first-order valence-electron chi connectivity index (χ1n) is 5.66. The summed E-state index contributed by atoms with van der Waals surface area (Å²) < 4.78 is 33.8. The van der Waals surface area contributed by atoms with Gasteiger partial charge in [0.15, 0.2) is 11.6 Å². The van der Waals surface area contributed by atoms with Crippen molar-refractivity contribution < 1.29 is 18.3 Å². The van der Waals surface area contributed by atoms with E-state index in [1.165, 1.54) is 13.2 Å². The summed E-state index contributed by atoms with van der Waals surface area (Å²) in [4.78, 5) is 6.06. The summed E-state index contributed by atoms with van der Waals surface area (Å²) in [5, 5.41) is 3.21. The van der Waals surface area contributed by atoms with Crippen LogP contribution in [0.4, 0.5) is 14.6 Å². The smallest absolute Gasteiger partial charge is 0.388 e. The number of hydrogen-bond acceptors (Lipinski definition) is 5. The van der Waals surface area contributed by atoms with E-state index in [4.69, 9.17) is 4.74 Å². The largest absolute Gasteiger partial charge is 0.493 e. The predicted octanol–water partition coefficient (Wildman–Crippen LogP) is 1.10. The number of piperazine rings is 1. The molecule has 1 aliphatic rings. The fourth-order valence-corrected chi connectivity index (χ4v) is 1.84. The highest BCUT2D eigenvalue weighted by molar-refractivity contribution is 5.54. The molecule has 0 radical (unpaired) electrons. The Hall–Kier alpha value is -1.63. The van der Waals surface area contributed by atoms with Gasteiger partial charge in [0.2, 0.25) is 5.88 Å². The SMILES string of the molecule is COc1ccc(OC(F)F)nc1N1CCNCC1. The van der Waals surface area contributed by atoms with Gasteiger partial charge in [0, 0.05) is 32.2 Å². The fraction of sp³-hybridized carbons (Fsp3) is 0.545. The molecule has 0 spiro atoms. The first-order chi connectivity index (χ1) is 8.70. The predicted molar refractivity (Wildman–Crippen MR) is 62.5 cm³/mol. The maximum absolute atomic E-state index is 12.2. The van der Waals surface area contributed by atoms with E-state index in [1.54, 1.807) is 6.07 Å². The van der Waals surface area contributed by atoms with Crippen molar-refractivity contribution in [1.29, 1.82) is 0 Å². The van der Waals surface area contributed by atoms with Gasteiger partial charge < -0.3 is 19.7 Å². The van der Waals surface area contributed by atoms with Crippen LogP contribution < -0.4 is 19.7 Å². The minimum absolute atomic E-state index is 0.0978. The van der Waals surface area contributed by atoms with Gasteiger partial charge in [-0.2, -0.15) is 13.8 Å². The van der Waals surface area contributed by atoms with Gasteiger partial charge in [-0.3, -0.25) is 0 Å². The number of rotatable bonds is 4. The van der Waals surface area contributed by atoms with Crippen LogP contribution in [0.2, 0.25) is 0 Å². The maximum atomic E-state index is 12.2. The van der Waals surface area contributed by atoms with Crippen LogP contribution in [-0.2, 0) is 0 Å². The normalized spacial score (nSPS) is 15.9. The Labute approximate surface area is 104 Å². The number of methoxy groups -OCH3 is 1. The molecule has 0 amide bonds. The van der Waals surface area contributed by atoms with Gasteiger partial charge in [0.05, 0.1) is 7.11 Å². The lowest BCUT2D eigenvalue weighted by atomic mass is 10.3. The van der Waals surface area contributed by atoms with E-state index in [2.05, 4.69) is 15.0 Å². The summed E-state index contributed by atoms with van der Waals surface area (Å²) in [6.07, 6.45) is 0. The van der Waals surface area contributed by atoms with Gasteiger partial charge in [0.1, 0.15) is 0 Å². The molecule has 0 bridgehead atoms. The monoisotopic (exact) mass is 259 g/mol. The Bertz CT molecular complexity index is 398. The standard InChI is InChI=1S/C11H15F2N3O2/c1-17-8-2-3-9(18-11(12)13)15-10(8)16-6-4-14-5-7-16/h2-3,11,14H,4-7H2,1H3. The quantitative estimate of drug-likeness (QED) is 0.877. The number of hydrogen-bond donors (Lipinski definition) is 1. The van der Waals surface area contributed by atoms with Crippen molar-refractivity contribution >= 4 is 5.82 Å². The third kappa shape index (κ3) is 2.98. The van der Waals surface area contributed by atoms with Crippen LogP contribution in [0.5, 0.6) is 11.6 Å². The van der Waals surface area contributed by atoms with Crippen LogP contribution >= 0.6 is 0 Å². The van der Waals surface area contributed by atoms with E-state index in [0.29, 0.717) is 11.6 Å². The first kappa shape index (κ1) is 12.8. The molecular weight excluding hydrogens is 244 g/mol. The highest BCUT2D eigenvalue weighted by atomic mass is 19.3. The summed E-state index contributed by atoms with van der Waals surface area (Å²) in [6.45, 7) is 0.278. The fourth-order valence-electron chi connectivity index (χ4n) is 1.84. The Kier molecular flexibility index (Phi) is 4.14. The molecule has 1 aliphatic heterocycles. The van der Waals surface area contributed by atoms with Crippen molar-refractivity contribution in [3.63, 3.8) is 0 Å². The second kappa shape index (κ2) is 5.81. The minimum atomic E-state index is -2.87. The zero-order valence-electron chi connectivity index (χ0n) is 10.0. The molecule has 2 rings (SSSR count). The zero-order chi connectivity index (χ0) is 13.0. The molecule has 1 aromatic rings. The second-order valence-corrected chi connectivity index (χ2v) is 3.79. The molecule has 7 heteroatoms. The van der Waals surface area contributed by atoms with Crippen LogP contribution in [0.15, 0.2) is 12.1 Å². The van der Waals surface area contributed by atoms with Crippen molar-refractivity contribution in [1.82, 2.24) is 10.3 Å². The van der Waals surface area contributed by atoms with E-state index in [9.17, 15) is 8.78 Å². The van der Waals surface area contributed by atoms with Crippen molar-refractivity contribution in [3.8, 4) is 11.6 Å². The number of nitrogens with zero attached hydrogens (tertiary/aromatic N) is 2. The number of ether oxygens (including phenoxy) is 2. The van der Waals surface area contributed by atoms with Crippen molar-refractivity contribution in [2.75, 3.05) is 38.2 Å². The molecule has 0 aromatic carbocycles. The highest BCUT2D eigenvalue weighted by Gasteiger charge is 2.18. The van der Waals surface area contributed by atoms with Crippen molar-refractivity contribution in [3.05, 3.63) is 12.1 Å². The topological polar surface area (TPSA) is 46.6 Å². The molecule has 0 unspecified atom stereocenters. The van der Waals surface area contributed by atoms with Gasteiger partial charge in [0.25, 0.3) is 0 Å². The van der Waals surface area contributed by atoms with E-state index in [1.807, 2.05) is 4.90 Å². The maximum Gasteiger partial charge on any atom is 0.388 e. The molecule has 0 aliphatic carbocycles. The van der Waals surface area contributed by atoms with E-state index in [0.717, 1.165) is 26.2 Å². The number of pyridine rings is 1. The Morgan fingerprint density at radius 2 is 2.06 bits per heavy atom. The van der Waals surface area contributed by atoms with Crippen LogP contribution in [0, 0.1) is 0 Å². The number of anilines is 1. The molecule has 5 nitrogen and oxygen atoms in total. The van der Waals surface area contributed by atoms with Gasteiger partial charge >= 0.3 is 6.61 Å². The second-order valence-electron chi connectivity index (χ2n) is 3.79. The van der Waals surface area contributed by atoms with E-state index < -0.39 is 6.61 Å². The minimum Gasteiger partial charge on any atom is -0.493 e. The number of alkyl halides is 2. The summed E-state index contributed by atoms with van der Waals surface area (Å²) in [5.41, 5.74) is 0. The molecule has 100 valence electrons. The van der Waals surface area contributed by atoms with Gasteiger partial charge in [-0.25, -0.2) is 0 Å². The molecule has 18 heavy (non-hydrogen) atoms. The average molecular weight is 259 g/mol. The summed E-state index contributed by atoms with van der Waals surface area (Å²) in [5.74, 6) is 0.995. The molecule has 1 N–H and O–H groups in total. The summed E-state index contributed by atoms with van der Waals surface area (Å²) >= 11 is 0. The van der Waals surface area contributed by atoms with Crippen molar-refractivity contribution in [2.24, 2.45) is 0 Å². The Morgan fingerprint density at radius 3 is 2.67 bits per heavy atom. The van der Waals surface area contributed by atoms with Crippen LogP contribution in [0.1, 0.15) is 0 Å². The Balaban J connectivity index is 2.23. The molecule has 0 saturated carbocycles. The molecule has 2 heterocycles. The third-order valence-electron chi connectivity index (χ3n) is 2.66. The summed E-state index contributed by atoms with van der Waals surface area (Å²) in [7, 11) is 1.52. The number of aromatic nitrogens is 1. The van der Waals surface area contributed by atoms with Crippen LogP contribution in [0.25, 0.3) is 0 Å². The molecule has 1 saturated heterocycles. The van der Waals surface area contributed by atoms with Crippen LogP contribution in [0.3, 0.4) is 0 Å². The van der Waals surface area contributed by atoms with Gasteiger partial charge in [-0.1, -0.05) is 0 Å². The molecule has 1 aromatic heterocycles. The molecular formula is C11H15F2N3O2. The molecule has 1 fully saturated rings. The van der Waals surface area contributed by atoms with Gasteiger partial charge in [-0.15, -0.1) is 0 Å². The third-order valence-corrected chi connectivity index (χ3v) is 2.66. The zero-order valence-corrected chi connectivity index (χ0v) is 10.0.